The molecule has 1 fully saturated rings. The van der Waals surface area contributed by atoms with Crippen LogP contribution in [0.2, 0.25) is 0 Å². The Labute approximate surface area is 162 Å². The summed E-state index contributed by atoms with van der Waals surface area (Å²) in [6.45, 7) is 0.566. The molecule has 0 aliphatic heterocycles. The summed E-state index contributed by atoms with van der Waals surface area (Å²) in [5, 5.41) is 6.10. The van der Waals surface area contributed by atoms with Gasteiger partial charge in [-0.1, -0.05) is 18.2 Å². The van der Waals surface area contributed by atoms with Crippen LogP contribution in [0.25, 0.3) is 11.3 Å². The zero-order valence-electron chi connectivity index (χ0n) is 15.0. The van der Waals surface area contributed by atoms with Gasteiger partial charge in [0.25, 0.3) is 0 Å². The van der Waals surface area contributed by atoms with Gasteiger partial charge in [-0.3, -0.25) is 4.79 Å². The van der Waals surface area contributed by atoms with Crippen LogP contribution in [0.3, 0.4) is 0 Å². The number of hydrogen-bond donors (Lipinski definition) is 1. The molecule has 0 radical (unpaired) electrons. The molecule has 4 rings (SSSR count). The number of anilines is 1. The lowest BCUT2D eigenvalue weighted by Crippen LogP contribution is -2.25. The first-order valence-corrected chi connectivity index (χ1v) is 9.68. The average Bonchev–Trinajstić information content (AvgIpc) is 3.36. The number of nitrogens with zero attached hydrogens (tertiary/aromatic N) is 1. The third kappa shape index (κ3) is 3.95. The van der Waals surface area contributed by atoms with Crippen LogP contribution in [-0.2, 0) is 9.53 Å². The molecule has 138 valence electrons. The maximum atomic E-state index is 11.8. The highest BCUT2D eigenvalue weighted by atomic mass is 32.1. The second-order valence-electron chi connectivity index (χ2n) is 6.60. The minimum Gasteiger partial charge on any atom is -0.469 e. The predicted molar refractivity (Wildman–Crippen MR) is 106 cm³/mol. The quantitative estimate of drug-likeness (QED) is 0.587. The fraction of sp³-hybridized carbons (Fsp3) is 0.238. The molecule has 1 aromatic heterocycles. The lowest BCUT2D eigenvalue weighted by Gasteiger charge is -2.12. The number of benzene rings is 2. The molecule has 1 heterocycles. The van der Waals surface area contributed by atoms with E-state index in [0.717, 1.165) is 40.7 Å². The molecule has 3 aromatic rings. The third-order valence-corrected chi connectivity index (χ3v) is 5.48. The summed E-state index contributed by atoms with van der Waals surface area (Å²) in [7, 11) is 1.44. The highest BCUT2D eigenvalue weighted by molar-refractivity contribution is 7.14. The van der Waals surface area contributed by atoms with E-state index in [0.29, 0.717) is 6.54 Å². The van der Waals surface area contributed by atoms with Crippen molar-refractivity contribution < 1.29 is 14.3 Å². The fourth-order valence-corrected chi connectivity index (χ4v) is 3.59. The van der Waals surface area contributed by atoms with E-state index in [1.807, 2.05) is 60.0 Å². The maximum absolute atomic E-state index is 11.8. The first-order valence-electron chi connectivity index (χ1n) is 8.80. The van der Waals surface area contributed by atoms with Gasteiger partial charge in [-0.25, -0.2) is 4.98 Å². The monoisotopic (exact) mass is 380 g/mol. The van der Waals surface area contributed by atoms with Gasteiger partial charge in [0.1, 0.15) is 11.5 Å². The van der Waals surface area contributed by atoms with Crippen molar-refractivity contribution in [2.45, 2.75) is 12.8 Å². The lowest BCUT2D eigenvalue weighted by atomic mass is 10.1. The summed E-state index contributed by atoms with van der Waals surface area (Å²) in [5.41, 5.74) is 1.56. The van der Waals surface area contributed by atoms with Crippen molar-refractivity contribution in [3.8, 4) is 22.8 Å². The van der Waals surface area contributed by atoms with Crippen LogP contribution in [0.4, 0.5) is 5.13 Å². The van der Waals surface area contributed by atoms with Gasteiger partial charge in [0.15, 0.2) is 5.13 Å². The second-order valence-corrected chi connectivity index (χ2v) is 7.46. The Kier molecular flexibility index (Phi) is 4.81. The van der Waals surface area contributed by atoms with Gasteiger partial charge in [-0.15, -0.1) is 11.3 Å². The predicted octanol–water partition coefficient (Wildman–Crippen LogP) is 4.97. The SMILES string of the molecule is COC(=O)C1(CNc2nc(-c3ccc(Oc4ccccc4)cc3)cs2)CC1. The summed E-state index contributed by atoms with van der Waals surface area (Å²) >= 11 is 1.53. The number of para-hydroxylation sites is 1. The molecule has 6 heteroatoms. The van der Waals surface area contributed by atoms with E-state index in [1.54, 1.807) is 0 Å². The number of hydrogen-bond acceptors (Lipinski definition) is 6. The van der Waals surface area contributed by atoms with Crippen LogP contribution >= 0.6 is 11.3 Å². The minimum absolute atomic E-state index is 0.138. The van der Waals surface area contributed by atoms with Crippen molar-refractivity contribution in [2.24, 2.45) is 5.41 Å². The Morgan fingerprint density at radius 1 is 1.11 bits per heavy atom. The van der Waals surface area contributed by atoms with Gasteiger partial charge in [0.2, 0.25) is 0 Å². The smallest absolute Gasteiger partial charge is 0.313 e. The van der Waals surface area contributed by atoms with E-state index in [4.69, 9.17) is 9.47 Å². The van der Waals surface area contributed by atoms with Crippen LogP contribution in [0.1, 0.15) is 12.8 Å². The van der Waals surface area contributed by atoms with Crippen LogP contribution < -0.4 is 10.1 Å². The number of thiazole rings is 1. The largest absolute Gasteiger partial charge is 0.469 e. The van der Waals surface area contributed by atoms with Gasteiger partial charge in [0, 0.05) is 17.5 Å². The minimum atomic E-state index is -0.364. The standard InChI is InChI=1S/C21H20N2O3S/c1-25-19(24)21(11-12-21)14-22-20-23-18(13-27-20)15-7-9-17(10-8-15)26-16-5-3-2-4-6-16/h2-10,13H,11-12,14H2,1H3,(H,22,23). The number of carbonyl (C=O) groups excluding carboxylic acids is 1. The number of ether oxygens (including phenoxy) is 2. The van der Waals surface area contributed by atoms with E-state index in [2.05, 4.69) is 10.3 Å². The molecular formula is C21H20N2O3S. The molecule has 0 spiro atoms. The molecule has 1 N–H and O–H groups in total. The molecule has 2 aromatic carbocycles. The number of aromatic nitrogens is 1. The molecule has 0 amide bonds. The van der Waals surface area contributed by atoms with Gasteiger partial charge in [-0.2, -0.15) is 0 Å². The Morgan fingerprint density at radius 2 is 1.81 bits per heavy atom. The van der Waals surface area contributed by atoms with Crippen LogP contribution in [0.15, 0.2) is 60.0 Å². The van der Waals surface area contributed by atoms with Crippen molar-refractivity contribution in [2.75, 3.05) is 19.0 Å². The van der Waals surface area contributed by atoms with Crippen LogP contribution in [0.5, 0.6) is 11.5 Å². The van der Waals surface area contributed by atoms with Gasteiger partial charge >= 0.3 is 5.97 Å². The van der Waals surface area contributed by atoms with Crippen molar-refractivity contribution in [1.82, 2.24) is 4.98 Å². The molecule has 5 nitrogen and oxygen atoms in total. The zero-order valence-corrected chi connectivity index (χ0v) is 15.8. The van der Waals surface area contributed by atoms with E-state index < -0.39 is 0 Å². The summed E-state index contributed by atoms with van der Waals surface area (Å²) in [6.07, 6.45) is 1.74. The molecule has 0 saturated heterocycles. The maximum Gasteiger partial charge on any atom is 0.313 e. The number of rotatable bonds is 7. The van der Waals surface area contributed by atoms with Crippen molar-refractivity contribution in [1.29, 1.82) is 0 Å². The van der Waals surface area contributed by atoms with E-state index in [-0.39, 0.29) is 11.4 Å². The fourth-order valence-electron chi connectivity index (χ4n) is 2.87. The summed E-state index contributed by atoms with van der Waals surface area (Å²) < 4.78 is 10.7. The molecule has 1 aliphatic carbocycles. The van der Waals surface area contributed by atoms with Gasteiger partial charge < -0.3 is 14.8 Å². The summed E-state index contributed by atoms with van der Waals surface area (Å²) in [5.74, 6) is 1.46. The first kappa shape index (κ1) is 17.5. The molecule has 0 atom stereocenters. The van der Waals surface area contributed by atoms with Crippen LogP contribution in [-0.4, -0.2) is 24.6 Å². The normalized spacial score (nSPS) is 14.4. The van der Waals surface area contributed by atoms with Crippen molar-refractivity contribution >= 4 is 22.4 Å². The number of carbonyl (C=O) groups is 1. The molecule has 0 bridgehead atoms. The molecular weight excluding hydrogens is 360 g/mol. The van der Waals surface area contributed by atoms with E-state index in [1.165, 1.54) is 18.4 Å². The van der Waals surface area contributed by atoms with Gasteiger partial charge in [0.05, 0.1) is 18.2 Å². The summed E-state index contributed by atoms with van der Waals surface area (Å²) in [4.78, 5) is 16.4. The van der Waals surface area contributed by atoms with Crippen molar-refractivity contribution in [3.05, 3.63) is 60.0 Å². The highest BCUT2D eigenvalue weighted by Crippen LogP contribution is 2.46. The molecule has 0 unspecified atom stereocenters. The second kappa shape index (κ2) is 7.40. The number of nitrogens with one attached hydrogen (secondary N) is 1. The van der Waals surface area contributed by atoms with Crippen molar-refractivity contribution in [3.63, 3.8) is 0 Å². The highest BCUT2D eigenvalue weighted by Gasteiger charge is 2.51. The zero-order chi connectivity index (χ0) is 18.7. The van der Waals surface area contributed by atoms with E-state index >= 15 is 0 Å². The Bertz CT molecular complexity index is 918. The van der Waals surface area contributed by atoms with Gasteiger partial charge in [-0.05, 0) is 49.2 Å². The Morgan fingerprint density at radius 3 is 2.48 bits per heavy atom. The Balaban J connectivity index is 1.39. The number of esters is 1. The topological polar surface area (TPSA) is 60.5 Å². The lowest BCUT2D eigenvalue weighted by molar-refractivity contribution is -0.146. The Hall–Kier alpha value is -2.86. The van der Waals surface area contributed by atoms with Crippen LogP contribution in [0, 0.1) is 5.41 Å². The number of methoxy groups -OCH3 is 1. The summed E-state index contributed by atoms with van der Waals surface area (Å²) in [6, 6.07) is 17.6. The molecule has 1 aliphatic rings. The average molecular weight is 380 g/mol. The third-order valence-electron chi connectivity index (χ3n) is 4.68. The molecule has 1 saturated carbocycles. The molecule has 27 heavy (non-hydrogen) atoms. The first-order chi connectivity index (χ1) is 13.2. The van der Waals surface area contributed by atoms with E-state index in [9.17, 15) is 4.79 Å².